The number of anilines is 1. The maximum atomic E-state index is 5.41. The highest BCUT2D eigenvalue weighted by Crippen LogP contribution is 2.34. The van der Waals surface area contributed by atoms with Crippen LogP contribution in [0.5, 0.6) is 5.75 Å². The van der Waals surface area contributed by atoms with Crippen LogP contribution in [-0.4, -0.2) is 41.7 Å². The molecule has 1 aliphatic heterocycles. The molecular weight excluding hydrogens is 360 g/mol. The minimum Gasteiger partial charge on any atom is -0.497 e. The number of hydrogen-bond acceptors (Lipinski definition) is 8. The fourth-order valence-electron chi connectivity index (χ4n) is 3.33. The molecule has 3 heterocycles. The summed E-state index contributed by atoms with van der Waals surface area (Å²) in [7, 11) is 1.67. The third-order valence-electron chi connectivity index (χ3n) is 4.80. The van der Waals surface area contributed by atoms with Crippen LogP contribution in [0.4, 0.5) is 5.82 Å². The van der Waals surface area contributed by atoms with Crippen LogP contribution in [-0.2, 0) is 0 Å². The lowest BCUT2D eigenvalue weighted by Gasteiger charge is -2.40. The van der Waals surface area contributed by atoms with Gasteiger partial charge in [-0.25, -0.2) is 9.97 Å². The van der Waals surface area contributed by atoms with Crippen molar-refractivity contribution in [2.75, 3.05) is 31.6 Å². The first kappa shape index (κ1) is 18.0. The van der Waals surface area contributed by atoms with Gasteiger partial charge in [0.15, 0.2) is 5.82 Å². The summed E-state index contributed by atoms with van der Waals surface area (Å²) in [5.74, 6) is 3.09. The summed E-state index contributed by atoms with van der Waals surface area (Å²) in [5, 5.41) is 6.45. The molecule has 3 N–H and O–H groups in total. The molecule has 1 aliphatic rings. The van der Waals surface area contributed by atoms with Crippen molar-refractivity contribution in [1.82, 2.24) is 19.7 Å². The number of pyridine rings is 1. The molecule has 0 atom stereocenters. The Morgan fingerprint density at radius 3 is 2.93 bits per heavy atom. The summed E-state index contributed by atoms with van der Waals surface area (Å²) in [4.78, 5) is 16.1. The molecule has 7 nitrogen and oxygen atoms in total. The summed E-state index contributed by atoms with van der Waals surface area (Å²) < 4.78 is 8.48. The fourth-order valence-corrected chi connectivity index (χ4v) is 3.57. The van der Waals surface area contributed by atoms with Crippen LogP contribution in [0.3, 0.4) is 0 Å². The van der Waals surface area contributed by atoms with Gasteiger partial charge in [0.2, 0.25) is 0 Å². The Bertz CT molecular complexity index is 917. The van der Waals surface area contributed by atoms with E-state index in [1.165, 1.54) is 12.1 Å². The van der Waals surface area contributed by atoms with Crippen molar-refractivity contribution in [3.05, 3.63) is 42.7 Å². The van der Waals surface area contributed by atoms with E-state index < -0.39 is 0 Å². The molecule has 0 bridgehead atoms. The largest absolute Gasteiger partial charge is 0.497 e. The smallest absolute Gasteiger partial charge is 0.163 e. The first-order chi connectivity index (χ1) is 13.3. The second-order valence-corrected chi connectivity index (χ2v) is 7.09. The number of aromatic nitrogens is 3. The summed E-state index contributed by atoms with van der Waals surface area (Å²) >= 11 is 1.18. The minimum atomic E-state index is 0.648. The lowest BCUT2D eigenvalue weighted by Crippen LogP contribution is -2.48. The highest BCUT2D eigenvalue weighted by atomic mass is 32.2. The predicted molar refractivity (Wildman–Crippen MR) is 109 cm³/mol. The number of rotatable bonds is 7. The summed E-state index contributed by atoms with van der Waals surface area (Å²) in [6.45, 7) is 2.89. The zero-order valence-corrected chi connectivity index (χ0v) is 15.9. The van der Waals surface area contributed by atoms with Crippen LogP contribution in [0.1, 0.15) is 6.42 Å². The standard InChI is InChI=1S/C19H22N6OS/c1-26-15-4-5-16-17(9-15)23-18(14-3-2-7-21-10-14)24-19(16)25-11-13(12-25)6-8-22-27-20/h2-5,7,9-10,13,22H,6,8,11-12,20H2,1H3. The lowest BCUT2D eigenvalue weighted by atomic mass is 9.96. The average Bonchev–Trinajstić information content (AvgIpc) is 2.69. The average molecular weight is 382 g/mol. The molecule has 0 radical (unpaired) electrons. The molecule has 1 aromatic carbocycles. The molecule has 1 saturated heterocycles. The topological polar surface area (TPSA) is 89.2 Å². The van der Waals surface area contributed by atoms with E-state index in [2.05, 4.69) is 14.6 Å². The Balaban J connectivity index is 1.66. The van der Waals surface area contributed by atoms with Gasteiger partial charge in [0.25, 0.3) is 0 Å². The van der Waals surface area contributed by atoms with E-state index in [9.17, 15) is 0 Å². The molecule has 2 aromatic heterocycles. The van der Waals surface area contributed by atoms with E-state index in [0.717, 1.165) is 54.1 Å². The monoisotopic (exact) mass is 382 g/mol. The molecule has 0 aliphatic carbocycles. The van der Waals surface area contributed by atoms with E-state index in [-0.39, 0.29) is 0 Å². The van der Waals surface area contributed by atoms with Crippen molar-refractivity contribution in [3.63, 3.8) is 0 Å². The second kappa shape index (κ2) is 8.08. The summed E-state index contributed by atoms with van der Waals surface area (Å²) in [5.41, 5.74) is 1.78. The maximum Gasteiger partial charge on any atom is 0.163 e. The second-order valence-electron chi connectivity index (χ2n) is 6.57. The molecular formula is C19H22N6OS. The number of fused-ring (bicyclic) bond motifs is 1. The van der Waals surface area contributed by atoms with Crippen LogP contribution < -0.4 is 19.5 Å². The molecule has 3 aromatic rings. The number of methoxy groups -OCH3 is 1. The molecule has 0 unspecified atom stereocenters. The Kier molecular flexibility index (Phi) is 5.38. The van der Waals surface area contributed by atoms with Crippen molar-refractivity contribution in [2.45, 2.75) is 6.42 Å². The normalized spacial score (nSPS) is 14.4. The predicted octanol–water partition coefficient (Wildman–Crippen LogP) is 2.64. The van der Waals surface area contributed by atoms with E-state index in [1.807, 2.05) is 30.3 Å². The van der Waals surface area contributed by atoms with Gasteiger partial charge in [0, 0.05) is 61.2 Å². The minimum absolute atomic E-state index is 0.648. The van der Waals surface area contributed by atoms with Crippen LogP contribution in [0.25, 0.3) is 22.3 Å². The van der Waals surface area contributed by atoms with E-state index in [1.54, 1.807) is 19.5 Å². The van der Waals surface area contributed by atoms with E-state index >= 15 is 0 Å². The zero-order valence-electron chi connectivity index (χ0n) is 15.1. The van der Waals surface area contributed by atoms with Gasteiger partial charge in [-0.15, -0.1) is 0 Å². The highest BCUT2D eigenvalue weighted by Gasteiger charge is 2.29. The SMILES string of the molecule is COc1ccc2c(N3CC(CCNSN)C3)nc(-c3cccnc3)nc2c1. The van der Waals surface area contributed by atoms with Crippen molar-refractivity contribution in [3.8, 4) is 17.1 Å². The van der Waals surface area contributed by atoms with Crippen LogP contribution in [0.15, 0.2) is 42.7 Å². The molecule has 8 heteroatoms. The molecule has 27 heavy (non-hydrogen) atoms. The number of hydrogen-bond donors (Lipinski definition) is 2. The van der Waals surface area contributed by atoms with Crippen molar-refractivity contribution < 1.29 is 4.74 Å². The molecule has 0 amide bonds. The Labute approximate surface area is 162 Å². The first-order valence-corrected chi connectivity index (χ1v) is 9.76. The quantitative estimate of drug-likeness (QED) is 0.476. The Morgan fingerprint density at radius 1 is 1.30 bits per heavy atom. The van der Waals surface area contributed by atoms with Gasteiger partial charge < -0.3 is 9.64 Å². The molecule has 1 fully saturated rings. The van der Waals surface area contributed by atoms with E-state index in [4.69, 9.17) is 19.8 Å². The molecule has 0 saturated carbocycles. The van der Waals surface area contributed by atoms with Crippen molar-refractivity contribution >= 4 is 28.9 Å². The molecule has 0 spiro atoms. The molecule has 4 rings (SSSR count). The van der Waals surface area contributed by atoms with Crippen LogP contribution in [0, 0.1) is 5.92 Å². The number of ether oxygens (including phenoxy) is 1. The van der Waals surface area contributed by atoms with Crippen LogP contribution in [0.2, 0.25) is 0 Å². The summed E-state index contributed by atoms with van der Waals surface area (Å²) in [6, 6.07) is 9.83. The number of nitrogens with two attached hydrogens (primary N) is 1. The highest BCUT2D eigenvalue weighted by molar-refractivity contribution is 7.95. The van der Waals surface area contributed by atoms with Gasteiger partial charge in [-0.1, -0.05) is 0 Å². The van der Waals surface area contributed by atoms with Gasteiger partial charge in [-0.3, -0.25) is 14.8 Å². The Hall–Kier alpha value is -2.42. The Morgan fingerprint density at radius 2 is 2.19 bits per heavy atom. The maximum absolute atomic E-state index is 5.41. The zero-order chi connectivity index (χ0) is 18.6. The van der Waals surface area contributed by atoms with Gasteiger partial charge in [-0.05, 0) is 36.6 Å². The summed E-state index contributed by atoms with van der Waals surface area (Å²) in [6.07, 6.45) is 4.65. The third kappa shape index (κ3) is 3.83. The van der Waals surface area contributed by atoms with Gasteiger partial charge >= 0.3 is 0 Å². The van der Waals surface area contributed by atoms with Crippen molar-refractivity contribution in [2.24, 2.45) is 11.1 Å². The van der Waals surface area contributed by atoms with Gasteiger partial charge in [0.05, 0.1) is 12.6 Å². The molecule has 140 valence electrons. The number of benzene rings is 1. The third-order valence-corrected chi connectivity index (χ3v) is 5.17. The van der Waals surface area contributed by atoms with Crippen molar-refractivity contribution in [1.29, 1.82) is 0 Å². The first-order valence-electron chi connectivity index (χ1n) is 8.88. The fraction of sp³-hybridized carbons (Fsp3) is 0.316. The lowest BCUT2D eigenvalue weighted by molar-refractivity contribution is 0.384. The van der Waals surface area contributed by atoms with Crippen LogP contribution >= 0.6 is 12.1 Å². The van der Waals surface area contributed by atoms with Gasteiger partial charge in [0.1, 0.15) is 11.6 Å². The van der Waals surface area contributed by atoms with Gasteiger partial charge in [-0.2, -0.15) is 0 Å². The number of nitrogens with zero attached hydrogens (tertiary/aromatic N) is 4. The van der Waals surface area contributed by atoms with E-state index in [0.29, 0.717) is 11.7 Å². The number of nitrogens with one attached hydrogen (secondary N) is 1.